The van der Waals surface area contributed by atoms with Crippen molar-refractivity contribution in [1.29, 1.82) is 0 Å². The summed E-state index contributed by atoms with van der Waals surface area (Å²) in [6.45, 7) is 4.92. The van der Waals surface area contributed by atoms with Crippen molar-refractivity contribution >= 4 is 0 Å². The topological polar surface area (TPSA) is 6.48 Å². The molecule has 1 heterocycles. The molecular formula is C20H26N2. The maximum atomic E-state index is 2.74. The van der Waals surface area contributed by atoms with E-state index in [1.54, 1.807) is 11.1 Å². The number of hydrogen-bond donors (Lipinski definition) is 0. The first-order valence-corrected chi connectivity index (χ1v) is 8.78. The summed E-state index contributed by atoms with van der Waals surface area (Å²) in [7, 11) is 0. The van der Waals surface area contributed by atoms with Crippen LogP contribution in [-0.2, 0) is 12.8 Å². The Labute approximate surface area is 134 Å². The van der Waals surface area contributed by atoms with Crippen molar-refractivity contribution in [2.75, 3.05) is 26.2 Å². The van der Waals surface area contributed by atoms with Gasteiger partial charge in [0.05, 0.1) is 0 Å². The van der Waals surface area contributed by atoms with Gasteiger partial charge in [-0.1, -0.05) is 48.6 Å². The molecule has 22 heavy (non-hydrogen) atoms. The Hall–Kier alpha value is -1.38. The minimum absolute atomic E-state index is 0.638. The van der Waals surface area contributed by atoms with Crippen LogP contribution >= 0.6 is 0 Å². The molecule has 0 aromatic heterocycles. The maximum absolute atomic E-state index is 2.74. The summed E-state index contributed by atoms with van der Waals surface area (Å²) in [5, 5.41) is 0. The molecule has 2 nitrogen and oxygen atoms in total. The molecule has 2 heteroatoms. The van der Waals surface area contributed by atoms with Crippen LogP contribution in [0.4, 0.5) is 0 Å². The van der Waals surface area contributed by atoms with Gasteiger partial charge in [-0.05, 0) is 36.8 Å². The van der Waals surface area contributed by atoms with Gasteiger partial charge in [-0.2, -0.15) is 0 Å². The molecule has 2 unspecified atom stereocenters. The molecule has 4 rings (SSSR count). The van der Waals surface area contributed by atoms with Crippen molar-refractivity contribution in [3.63, 3.8) is 0 Å². The lowest BCUT2D eigenvalue weighted by molar-refractivity contribution is 0.0756. The Morgan fingerprint density at radius 3 is 2.41 bits per heavy atom. The summed E-state index contributed by atoms with van der Waals surface area (Å²) < 4.78 is 0. The van der Waals surface area contributed by atoms with Gasteiger partial charge in [0.25, 0.3) is 0 Å². The van der Waals surface area contributed by atoms with Gasteiger partial charge in [0.2, 0.25) is 0 Å². The molecule has 0 saturated carbocycles. The predicted octanol–water partition coefficient (Wildman–Crippen LogP) is 3.05. The summed E-state index contributed by atoms with van der Waals surface area (Å²) in [5.41, 5.74) is 3.16. The van der Waals surface area contributed by atoms with Crippen LogP contribution in [0.15, 0.2) is 48.6 Å². The van der Waals surface area contributed by atoms with Crippen LogP contribution < -0.4 is 0 Å². The van der Waals surface area contributed by atoms with Gasteiger partial charge in [0.1, 0.15) is 0 Å². The SMILES string of the molecule is C1=CCC(N2CCN(C3CCc4ccccc4C3)CC2)C=C1. The Kier molecular flexibility index (Phi) is 4.13. The monoisotopic (exact) mass is 294 g/mol. The average Bonchev–Trinajstić information content (AvgIpc) is 2.62. The molecular weight excluding hydrogens is 268 g/mol. The van der Waals surface area contributed by atoms with Gasteiger partial charge in [-0.25, -0.2) is 0 Å². The van der Waals surface area contributed by atoms with Crippen molar-refractivity contribution < 1.29 is 0 Å². The molecule has 1 fully saturated rings. The summed E-state index contributed by atoms with van der Waals surface area (Å²) in [4.78, 5) is 5.40. The first-order valence-electron chi connectivity index (χ1n) is 8.78. The van der Waals surface area contributed by atoms with Crippen LogP contribution in [0, 0.1) is 0 Å². The van der Waals surface area contributed by atoms with E-state index in [1.807, 2.05) is 0 Å². The second-order valence-electron chi connectivity index (χ2n) is 6.85. The van der Waals surface area contributed by atoms with Crippen molar-refractivity contribution in [3.8, 4) is 0 Å². The molecule has 0 spiro atoms. The summed E-state index contributed by atoms with van der Waals surface area (Å²) in [5.74, 6) is 0. The highest BCUT2D eigenvalue weighted by molar-refractivity contribution is 5.30. The lowest BCUT2D eigenvalue weighted by atomic mass is 9.87. The van der Waals surface area contributed by atoms with E-state index in [9.17, 15) is 0 Å². The minimum atomic E-state index is 0.638. The zero-order valence-electron chi connectivity index (χ0n) is 13.3. The van der Waals surface area contributed by atoms with Crippen LogP contribution in [0.3, 0.4) is 0 Å². The smallest absolute Gasteiger partial charge is 0.0316 e. The van der Waals surface area contributed by atoms with Crippen LogP contribution in [0.1, 0.15) is 24.0 Å². The second kappa shape index (κ2) is 6.39. The van der Waals surface area contributed by atoms with Crippen LogP contribution in [-0.4, -0.2) is 48.1 Å². The third kappa shape index (κ3) is 2.90. The van der Waals surface area contributed by atoms with Gasteiger partial charge in [0, 0.05) is 38.3 Å². The highest BCUT2D eigenvalue weighted by Crippen LogP contribution is 2.25. The van der Waals surface area contributed by atoms with Gasteiger partial charge >= 0.3 is 0 Å². The largest absolute Gasteiger partial charge is 0.298 e. The number of piperazine rings is 1. The molecule has 2 aliphatic carbocycles. The van der Waals surface area contributed by atoms with Gasteiger partial charge < -0.3 is 0 Å². The highest BCUT2D eigenvalue weighted by atomic mass is 15.3. The third-order valence-corrected chi connectivity index (χ3v) is 5.61. The molecule has 1 aliphatic heterocycles. The van der Waals surface area contributed by atoms with Crippen LogP contribution in [0.25, 0.3) is 0 Å². The molecule has 0 amide bonds. The van der Waals surface area contributed by atoms with Crippen molar-refractivity contribution in [2.24, 2.45) is 0 Å². The first kappa shape index (κ1) is 14.2. The van der Waals surface area contributed by atoms with E-state index in [4.69, 9.17) is 0 Å². The molecule has 1 aromatic carbocycles. The summed E-state index contributed by atoms with van der Waals surface area (Å²) >= 11 is 0. The second-order valence-corrected chi connectivity index (χ2v) is 6.85. The molecule has 116 valence electrons. The Morgan fingerprint density at radius 1 is 0.864 bits per heavy atom. The number of aryl methyl sites for hydroxylation is 1. The molecule has 0 N–H and O–H groups in total. The van der Waals surface area contributed by atoms with Gasteiger partial charge in [-0.3, -0.25) is 9.80 Å². The third-order valence-electron chi connectivity index (χ3n) is 5.61. The fourth-order valence-electron chi connectivity index (χ4n) is 4.26. The van der Waals surface area contributed by atoms with Crippen LogP contribution in [0.5, 0.6) is 0 Å². The highest BCUT2D eigenvalue weighted by Gasteiger charge is 2.28. The lowest BCUT2D eigenvalue weighted by Gasteiger charge is -2.43. The van der Waals surface area contributed by atoms with Crippen molar-refractivity contribution in [3.05, 3.63) is 59.7 Å². The van der Waals surface area contributed by atoms with E-state index in [0.29, 0.717) is 6.04 Å². The number of allylic oxidation sites excluding steroid dienone is 2. The van der Waals surface area contributed by atoms with E-state index in [1.165, 1.54) is 51.9 Å². The number of fused-ring (bicyclic) bond motifs is 1. The number of nitrogens with zero attached hydrogens (tertiary/aromatic N) is 2. The summed E-state index contributed by atoms with van der Waals surface area (Å²) in [6, 6.07) is 10.4. The quantitative estimate of drug-likeness (QED) is 0.827. The average molecular weight is 294 g/mol. The number of hydrogen-bond acceptors (Lipinski definition) is 2. The molecule has 2 atom stereocenters. The van der Waals surface area contributed by atoms with E-state index in [2.05, 4.69) is 58.4 Å². The van der Waals surface area contributed by atoms with Crippen LogP contribution in [0.2, 0.25) is 0 Å². The van der Waals surface area contributed by atoms with E-state index in [0.717, 1.165) is 6.04 Å². The Morgan fingerprint density at radius 2 is 1.64 bits per heavy atom. The fourth-order valence-corrected chi connectivity index (χ4v) is 4.26. The molecule has 1 saturated heterocycles. The Bertz CT molecular complexity index is 567. The normalized spacial score (nSPS) is 29.5. The van der Waals surface area contributed by atoms with E-state index in [-0.39, 0.29) is 0 Å². The first-order chi connectivity index (χ1) is 10.9. The Balaban J connectivity index is 1.34. The zero-order chi connectivity index (χ0) is 14.8. The number of benzene rings is 1. The molecule has 0 radical (unpaired) electrons. The fraction of sp³-hybridized carbons (Fsp3) is 0.500. The standard InChI is InChI=1S/C20H26N2/c1-2-8-19(9-3-1)21-12-14-22(15-13-21)20-11-10-17-6-4-5-7-18(17)16-20/h1-8,19-20H,9-16H2. The van der Waals surface area contributed by atoms with Crippen molar-refractivity contribution in [1.82, 2.24) is 9.80 Å². The van der Waals surface area contributed by atoms with E-state index < -0.39 is 0 Å². The predicted molar refractivity (Wildman–Crippen MR) is 92.1 cm³/mol. The zero-order valence-corrected chi connectivity index (χ0v) is 13.3. The molecule has 0 bridgehead atoms. The van der Waals surface area contributed by atoms with Gasteiger partial charge in [-0.15, -0.1) is 0 Å². The van der Waals surface area contributed by atoms with Gasteiger partial charge in [0.15, 0.2) is 0 Å². The molecule has 3 aliphatic rings. The maximum Gasteiger partial charge on any atom is 0.0316 e. The number of rotatable bonds is 2. The summed E-state index contributed by atoms with van der Waals surface area (Å²) in [6.07, 6.45) is 14.1. The van der Waals surface area contributed by atoms with E-state index >= 15 is 0 Å². The molecule has 1 aromatic rings. The van der Waals surface area contributed by atoms with Crippen molar-refractivity contribution in [2.45, 2.75) is 37.8 Å². The lowest BCUT2D eigenvalue weighted by Crippen LogP contribution is -2.53. The minimum Gasteiger partial charge on any atom is -0.298 e.